The fourth-order valence-electron chi connectivity index (χ4n) is 1.05. The van der Waals surface area contributed by atoms with E-state index < -0.39 is 8.32 Å². The van der Waals surface area contributed by atoms with E-state index in [-0.39, 0.29) is 0 Å². The van der Waals surface area contributed by atoms with Crippen LogP contribution in [0.2, 0.25) is 19.6 Å². The molecule has 0 heterocycles. The highest BCUT2D eigenvalue weighted by atomic mass is 28.4. The van der Waals surface area contributed by atoms with Crippen LogP contribution in [0.3, 0.4) is 0 Å². The van der Waals surface area contributed by atoms with Crippen LogP contribution < -0.4 is 10.2 Å². The van der Waals surface area contributed by atoms with Gasteiger partial charge in [0.05, 0.1) is 0 Å². The van der Waals surface area contributed by atoms with Crippen molar-refractivity contribution in [2.24, 2.45) is 5.73 Å². The summed E-state index contributed by atoms with van der Waals surface area (Å²) in [6.07, 6.45) is 0. The molecule has 0 saturated heterocycles. The molecule has 0 spiro atoms. The average molecular weight is 195 g/mol. The lowest BCUT2D eigenvalue weighted by molar-refractivity contribution is 0.557. The minimum Gasteiger partial charge on any atom is -0.544 e. The fraction of sp³-hybridized carbons (Fsp3) is 0.400. The van der Waals surface area contributed by atoms with Gasteiger partial charge in [-0.2, -0.15) is 0 Å². The number of rotatable bonds is 3. The van der Waals surface area contributed by atoms with Crippen LogP contribution in [0, 0.1) is 0 Å². The van der Waals surface area contributed by atoms with Crippen LogP contribution in [0.1, 0.15) is 5.56 Å². The molecule has 2 N–H and O–H groups in total. The number of benzene rings is 1. The van der Waals surface area contributed by atoms with E-state index in [2.05, 4.69) is 19.6 Å². The molecule has 1 aromatic carbocycles. The van der Waals surface area contributed by atoms with Crippen LogP contribution in [0.4, 0.5) is 0 Å². The summed E-state index contributed by atoms with van der Waals surface area (Å²) in [7, 11) is -1.46. The molecule has 3 heteroatoms. The van der Waals surface area contributed by atoms with E-state index in [1.54, 1.807) is 0 Å². The van der Waals surface area contributed by atoms with Crippen molar-refractivity contribution in [2.75, 3.05) is 0 Å². The molecule has 0 unspecified atom stereocenters. The van der Waals surface area contributed by atoms with Gasteiger partial charge >= 0.3 is 0 Å². The zero-order chi connectivity index (χ0) is 9.90. The summed E-state index contributed by atoms with van der Waals surface area (Å²) < 4.78 is 5.80. The van der Waals surface area contributed by atoms with Crippen LogP contribution in [0.15, 0.2) is 24.3 Å². The third-order valence-corrected chi connectivity index (χ3v) is 2.43. The SMILES string of the molecule is C[Si](C)(C)Oc1ccc(CN)cc1. The Morgan fingerprint density at radius 2 is 1.69 bits per heavy atom. The number of hydrogen-bond acceptors (Lipinski definition) is 2. The molecular formula is C10H17NOSi. The van der Waals surface area contributed by atoms with Gasteiger partial charge in [0.15, 0.2) is 0 Å². The van der Waals surface area contributed by atoms with Gasteiger partial charge in [0.25, 0.3) is 0 Å². The minimum absolute atomic E-state index is 0.591. The number of nitrogens with two attached hydrogens (primary N) is 1. The van der Waals surface area contributed by atoms with E-state index in [0.717, 1.165) is 11.3 Å². The molecule has 0 fully saturated rings. The zero-order valence-electron chi connectivity index (χ0n) is 8.50. The highest BCUT2D eigenvalue weighted by Crippen LogP contribution is 2.16. The summed E-state index contributed by atoms with van der Waals surface area (Å²) in [5, 5.41) is 0. The van der Waals surface area contributed by atoms with E-state index in [1.165, 1.54) is 0 Å². The Labute approximate surface area is 80.8 Å². The second kappa shape index (κ2) is 3.94. The van der Waals surface area contributed by atoms with Crippen LogP contribution in [-0.2, 0) is 6.54 Å². The second-order valence-corrected chi connectivity index (χ2v) is 8.49. The molecule has 0 amide bonds. The van der Waals surface area contributed by atoms with Gasteiger partial charge in [-0.25, -0.2) is 0 Å². The third kappa shape index (κ3) is 3.61. The van der Waals surface area contributed by atoms with Crippen molar-refractivity contribution in [3.05, 3.63) is 29.8 Å². The molecule has 0 saturated carbocycles. The van der Waals surface area contributed by atoms with Crippen LogP contribution in [0.25, 0.3) is 0 Å². The van der Waals surface area contributed by atoms with Crippen LogP contribution in [0.5, 0.6) is 5.75 Å². The smallest absolute Gasteiger partial charge is 0.242 e. The molecule has 0 atom stereocenters. The molecule has 0 bridgehead atoms. The Bertz CT molecular complexity index is 263. The lowest BCUT2D eigenvalue weighted by Gasteiger charge is -2.19. The first kappa shape index (κ1) is 10.3. The molecule has 0 radical (unpaired) electrons. The van der Waals surface area contributed by atoms with Crippen molar-refractivity contribution >= 4 is 8.32 Å². The normalized spacial score (nSPS) is 11.4. The molecule has 0 aliphatic heterocycles. The molecule has 1 rings (SSSR count). The van der Waals surface area contributed by atoms with Crippen molar-refractivity contribution in [2.45, 2.75) is 26.2 Å². The average Bonchev–Trinajstić information content (AvgIpc) is 2.03. The van der Waals surface area contributed by atoms with Gasteiger partial charge in [-0.1, -0.05) is 12.1 Å². The Balaban J connectivity index is 2.70. The minimum atomic E-state index is -1.46. The highest BCUT2D eigenvalue weighted by Gasteiger charge is 2.15. The quantitative estimate of drug-likeness (QED) is 0.751. The van der Waals surface area contributed by atoms with E-state index in [1.807, 2.05) is 24.3 Å². The van der Waals surface area contributed by atoms with Crippen LogP contribution in [-0.4, -0.2) is 8.32 Å². The molecular weight excluding hydrogens is 178 g/mol. The van der Waals surface area contributed by atoms with Gasteiger partial charge < -0.3 is 10.2 Å². The van der Waals surface area contributed by atoms with Gasteiger partial charge in [0, 0.05) is 6.54 Å². The van der Waals surface area contributed by atoms with Gasteiger partial charge in [-0.3, -0.25) is 0 Å². The predicted molar refractivity (Wildman–Crippen MR) is 58.3 cm³/mol. The van der Waals surface area contributed by atoms with Crippen molar-refractivity contribution in [1.29, 1.82) is 0 Å². The van der Waals surface area contributed by atoms with Crippen molar-refractivity contribution in [3.63, 3.8) is 0 Å². The second-order valence-electron chi connectivity index (χ2n) is 4.06. The third-order valence-electron chi connectivity index (χ3n) is 1.58. The Morgan fingerprint density at radius 3 is 2.08 bits per heavy atom. The molecule has 0 aliphatic carbocycles. The summed E-state index contributed by atoms with van der Waals surface area (Å²) in [6.45, 7) is 7.10. The summed E-state index contributed by atoms with van der Waals surface area (Å²) in [5.74, 6) is 0.955. The first-order valence-corrected chi connectivity index (χ1v) is 7.90. The van der Waals surface area contributed by atoms with E-state index in [0.29, 0.717) is 6.54 Å². The lowest BCUT2D eigenvalue weighted by Crippen LogP contribution is -2.29. The predicted octanol–water partition coefficient (Wildman–Crippen LogP) is 2.36. The van der Waals surface area contributed by atoms with Gasteiger partial charge in [-0.15, -0.1) is 0 Å². The summed E-state index contributed by atoms with van der Waals surface area (Å²) in [5.41, 5.74) is 6.64. The topological polar surface area (TPSA) is 35.2 Å². The number of hydrogen-bond donors (Lipinski definition) is 1. The summed E-state index contributed by atoms with van der Waals surface area (Å²) in [4.78, 5) is 0. The fourth-order valence-corrected chi connectivity index (χ4v) is 1.89. The first-order valence-electron chi connectivity index (χ1n) is 4.49. The summed E-state index contributed by atoms with van der Waals surface area (Å²) >= 11 is 0. The van der Waals surface area contributed by atoms with Crippen molar-refractivity contribution in [1.82, 2.24) is 0 Å². The largest absolute Gasteiger partial charge is 0.544 e. The Hall–Kier alpha value is -0.803. The highest BCUT2D eigenvalue weighted by molar-refractivity contribution is 6.70. The molecule has 0 aromatic heterocycles. The zero-order valence-corrected chi connectivity index (χ0v) is 9.50. The molecule has 0 aliphatic rings. The molecule has 2 nitrogen and oxygen atoms in total. The van der Waals surface area contributed by atoms with Crippen molar-refractivity contribution < 1.29 is 4.43 Å². The molecule has 13 heavy (non-hydrogen) atoms. The molecule has 72 valence electrons. The Morgan fingerprint density at radius 1 is 1.15 bits per heavy atom. The molecule has 1 aromatic rings. The van der Waals surface area contributed by atoms with E-state index in [9.17, 15) is 0 Å². The van der Waals surface area contributed by atoms with Crippen LogP contribution >= 0.6 is 0 Å². The standard InChI is InChI=1S/C10H17NOSi/c1-13(2,3)12-10-6-4-9(8-11)5-7-10/h4-7H,8,11H2,1-3H3. The Kier molecular flexibility index (Phi) is 3.11. The van der Waals surface area contributed by atoms with Gasteiger partial charge in [-0.05, 0) is 37.3 Å². The van der Waals surface area contributed by atoms with Gasteiger partial charge in [0.1, 0.15) is 5.75 Å². The monoisotopic (exact) mass is 195 g/mol. The summed E-state index contributed by atoms with van der Waals surface area (Å²) in [6, 6.07) is 7.99. The van der Waals surface area contributed by atoms with Gasteiger partial charge in [0.2, 0.25) is 8.32 Å². The maximum atomic E-state index is 5.80. The van der Waals surface area contributed by atoms with E-state index >= 15 is 0 Å². The maximum Gasteiger partial charge on any atom is 0.242 e. The van der Waals surface area contributed by atoms with E-state index in [4.69, 9.17) is 10.2 Å². The first-order chi connectivity index (χ1) is 6.01. The van der Waals surface area contributed by atoms with Crippen molar-refractivity contribution in [3.8, 4) is 5.75 Å². The lowest BCUT2D eigenvalue weighted by atomic mass is 10.2. The maximum absolute atomic E-state index is 5.80.